The van der Waals surface area contributed by atoms with Crippen molar-refractivity contribution >= 4 is 12.4 Å². The first-order valence-corrected chi connectivity index (χ1v) is 6.85. The van der Waals surface area contributed by atoms with Crippen LogP contribution in [0.1, 0.15) is 31.4 Å². The Morgan fingerprint density at radius 1 is 1.47 bits per heavy atom. The standard InChI is InChI=1S/C15H23FN2.ClH/c1-12(14-6-3-7-15(16)9-14)18-8-4-5-13(11-18)10-17-2;/h3,6-7,9,12-13,17H,4-5,8,10-11H2,1-2H3;1H. The second kappa shape index (κ2) is 7.83. The molecule has 4 heteroatoms. The zero-order chi connectivity index (χ0) is 13.0. The van der Waals surface area contributed by atoms with E-state index in [0.717, 1.165) is 31.1 Å². The van der Waals surface area contributed by atoms with Gasteiger partial charge >= 0.3 is 0 Å². The Labute approximate surface area is 121 Å². The molecule has 19 heavy (non-hydrogen) atoms. The molecule has 1 aliphatic rings. The fourth-order valence-corrected chi connectivity index (χ4v) is 2.88. The molecule has 1 aromatic rings. The average Bonchev–Trinajstić information content (AvgIpc) is 2.39. The van der Waals surface area contributed by atoms with Gasteiger partial charge in [-0.3, -0.25) is 4.90 Å². The predicted molar refractivity (Wildman–Crippen MR) is 80.3 cm³/mol. The third kappa shape index (κ3) is 4.44. The molecule has 1 fully saturated rings. The topological polar surface area (TPSA) is 15.3 Å². The lowest BCUT2D eigenvalue weighted by Crippen LogP contribution is -2.40. The number of nitrogens with zero attached hydrogens (tertiary/aromatic N) is 1. The van der Waals surface area contributed by atoms with Crippen LogP contribution in [0, 0.1) is 11.7 Å². The molecule has 0 bridgehead atoms. The first-order valence-electron chi connectivity index (χ1n) is 6.85. The lowest BCUT2D eigenvalue weighted by molar-refractivity contribution is 0.131. The molecule has 2 nitrogen and oxygen atoms in total. The molecule has 0 spiro atoms. The summed E-state index contributed by atoms with van der Waals surface area (Å²) in [6.45, 7) is 5.49. The number of halogens is 2. The minimum Gasteiger partial charge on any atom is -0.319 e. The molecule has 0 aromatic heterocycles. The van der Waals surface area contributed by atoms with Crippen LogP contribution in [0.4, 0.5) is 4.39 Å². The van der Waals surface area contributed by atoms with Gasteiger partial charge in [0, 0.05) is 12.6 Å². The summed E-state index contributed by atoms with van der Waals surface area (Å²) < 4.78 is 13.3. The largest absolute Gasteiger partial charge is 0.319 e. The van der Waals surface area contributed by atoms with Gasteiger partial charge in [0.05, 0.1) is 0 Å². The summed E-state index contributed by atoms with van der Waals surface area (Å²) in [5, 5.41) is 3.26. The molecule has 1 N–H and O–H groups in total. The number of benzene rings is 1. The number of rotatable bonds is 4. The summed E-state index contributed by atoms with van der Waals surface area (Å²) in [5.41, 5.74) is 1.08. The van der Waals surface area contributed by atoms with Gasteiger partial charge in [-0.15, -0.1) is 12.4 Å². The highest BCUT2D eigenvalue weighted by Crippen LogP contribution is 2.26. The van der Waals surface area contributed by atoms with Crippen LogP contribution < -0.4 is 5.32 Å². The molecule has 2 atom stereocenters. The maximum absolute atomic E-state index is 13.3. The average molecular weight is 287 g/mol. The lowest BCUT2D eigenvalue weighted by atomic mass is 9.95. The third-order valence-electron chi connectivity index (χ3n) is 3.92. The Kier molecular flexibility index (Phi) is 6.76. The van der Waals surface area contributed by atoms with E-state index in [1.54, 1.807) is 12.1 Å². The van der Waals surface area contributed by atoms with Gasteiger partial charge in [-0.2, -0.15) is 0 Å². The van der Waals surface area contributed by atoms with E-state index in [2.05, 4.69) is 17.1 Å². The maximum atomic E-state index is 13.3. The molecular formula is C15H24ClFN2. The summed E-state index contributed by atoms with van der Waals surface area (Å²) in [7, 11) is 2.01. The van der Waals surface area contributed by atoms with Crippen molar-refractivity contribution in [1.29, 1.82) is 0 Å². The Hall–Kier alpha value is -0.640. The van der Waals surface area contributed by atoms with Crippen molar-refractivity contribution in [3.8, 4) is 0 Å². The maximum Gasteiger partial charge on any atom is 0.123 e. The van der Waals surface area contributed by atoms with Crippen LogP contribution in [-0.4, -0.2) is 31.6 Å². The van der Waals surface area contributed by atoms with Crippen molar-refractivity contribution in [3.63, 3.8) is 0 Å². The molecule has 1 heterocycles. The number of hydrogen-bond acceptors (Lipinski definition) is 2. The highest BCUT2D eigenvalue weighted by molar-refractivity contribution is 5.85. The van der Waals surface area contributed by atoms with Crippen LogP contribution in [0.15, 0.2) is 24.3 Å². The summed E-state index contributed by atoms with van der Waals surface area (Å²) >= 11 is 0. The van der Waals surface area contributed by atoms with E-state index in [-0.39, 0.29) is 18.2 Å². The van der Waals surface area contributed by atoms with Gasteiger partial charge in [-0.05, 0) is 63.5 Å². The number of nitrogens with one attached hydrogen (secondary N) is 1. The summed E-state index contributed by atoms with van der Waals surface area (Å²) in [6, 6.07) is 7.30. The van der Waals surface area contributed by atoms with Crippen LogP contribution in [0.25, 0.3) is 0 Å². The smallest absolute Gasteiger partial charge is 0.123 e. The molecule has 2 rings (SSSR count). The molecule has 0 radical (unpaired) electrons. The van der Waals surface area contributed by atoms with Crippen molar-refractivity contribution in [2.45, 2.75) is 25.8 Å². The molecule has 0 saturated carbocycles. The van der Waals surface area contributed by atoms with Crippen LogP contribution in [0.3, 0.4) is 0 Å². The fourth-order valence-electron chi connectivity index (χ4n) is 2.88. The summed E-state index contributed by atoms with van der Waals surface area (Å²) in [4.78, 5) is 2.47. The zero-order valence-electron chi connectivity index (χ0n) is 11.7. The Bertz CT molecular complexity index is 384. The van der Waals surface area contributed by atoms with Crippen molar-refractivity contribution in [2.75, 3.05) is 26.7 Å². The molecule has 108 valence electrons. The van der Waals surface area contributed by atoms with E-state index in [1.807, 2.05) is 13.1 Å². The van der Waals surface area contributed by atoms with Crippen molar-refractivity contribution in [1.82, 2.24) is 10.2 Å². The van der Waals surface area contributed by atoms with Gasteiger partial charge < -0.3 is 5.32 Å². The first kappa shape index (κ1) is 16.4. The number of hydrogen-bond donors (Lipinski definition) is 1. The third-order valence-corrected chi connectivity index (χ3v) is 3.92. The molecule has 1 saturated heterocycles. The van der Waals surface area contributed by atoms with E-state index in [1.165, 1.54) is 18.9 Å². The first-order chi connectivity index (χ1) is 8.70. The van der Waals surface area contributed by atoms with Crippen LogP contribution >= 0.6 is 12.4 Å². The van der Waals surface area contributed by atoms with Crippen LogP contribution in [0.5, 0.6) is 0 Å². The van der Waals surface area contributed by atoms with Crippen molar-refractivity contribution in [3.05, 3.63) is 35.6 Å². The van der Waals surface area contributed by atoms with E-state index < -0.39 is 0 Å². The minimum absolute atomic E-state index is 0. The second-order valence-electron chi connectivity index (χ2n) is 5.29. The molecule has 0 aliphatic carbocycles. The van der Waals surface area contributed by atoms with Gasteiger partial charge in [0.1, 0.15) is 5.82 Å². The molecular weight excluding hydrogens is 263 g/mol. The highest BCUT2D eigenvalue weighted by atomic mass is 35.5. The molecule has 1 aromatic carbocycles. The van der Waals surface area contributed by atoms with Gasteiger partial charge in [0.25, 0.3) is 0 Å². The normalized spacial score (nSPS) is 21.7. The number of likely N-dealkylation sites (tertiary alicyclic amines) is 1. The van der Waals surface area contributed by atoms with Gasteiger partial charge in [0.15, 0.2) is 0 Å². The number of piperidine rings is 1. The van der Waals surface area contributed by atoms with E-state index >= 15 is 0 Å². The van der Waals surface area contributed by atoms with Crippen molar-refractivity contribution in [2.24, 2.45) is 5.92 Å². The monoisotopic (exact) mass is 286 g/mol. The Balaban J connectivity index is 0.00000180. The van der Waals surface area contributed by atoms with E-state index in [0.29, 0.717) is 6.04 Å². The van der Waals surface area contributed by atoms with Crippen LogP contribution in [0.2, 0.25) is 0 Å². The highest BCUT2D eigenvalue weighted by Gasteiger charge is 2.23. The van der Waals surface area contributed by atoms with Crippen LogP contribution in [-0.2, 0) is 0 Å². The minimum atomic E-state index is -0.136. The Morgan fingerprint density at radius 3 is 2.95 bits per heavy atom. The van der Waals surface area contributed by atoms with E-state index in [9.17, 15) is 4.39 Å². The predicted octanol–water partition coefficient (Wildman–Crippen LogP) is 3.24. The molecule has 1 aliphatic heterocycles. The fraction of sp³-hybridized carbons (Fsp3) is 0.600. The molecule has 2 unspecified atom stereocenters. The van der Waals surface area contributed by atoms with Gasteiger partial charge in [0.2, 0.25) is 0 Å². The lowest BCUT2D eigenvalue weighted by Gasteiger charge is -2.37. The second-order valence-corrected chi connectivity index (χ2v) is 5.29. The van der Waals surface area contributed by atoms with Gasteiger partial charge in [-0.1, -0.05) is 12.1 Å². The SMILES string of the molecule is CNCC1CCCN(C(C)c2cccc(F)c2)C1.Cl. The summed E-state index contributed by atoms with van der Waals surface area (Å²) in [5.74, 6) is 0.586. The Morgan fingerprint density at radius 2 is 2.26 bits per heavy atom. The van der Waals surface area contributed by atoms with Crippen molar-refractivity contribution < 1.29 is 4.39 Å². The van der Waals surface area contributed by atoms with Gasteiger partial charge in [-0.25, -0.2) is 4.39 Å². The summed E-state index contributed by atoms with van der Waals surface area (Å²) in [6.07, 6.45) is 2.54. The quantitative estimate of drug-likeness (QED) is 0.914. The zero-order valence-corrected chi connectivity index (χ0v) is 12.5. The van der Waals surface area contributed by atoms with E-state index in [4.69, 9.17) is 0 Å². The molecule has 0 amide bonds.